The molecule has 0 saturated carbocycles. The SMILES string of the molecule is CC1(C)c2cc(CC(Cc3ccc(-c4ccc5c(c4)c4ccccc4n5-c4ccccc4)cc3)c3ccc(-c4ccccc4)cc3)ccc2C2C=CC=CC21. The Labute approximate surface area is 324 Å². The van der Waals surface area contributed by atoms with E-state index in [1.54, 1.807) is 0 Å². The summed E-state index contributed by atoms with van der Waals surface area (Å²) in [5.74, 6) is 1.35. The van der Waals surface area contributed by atoms with Crippen LogP contribution in [0.3, 0.4) is 0 Å². The molecule has 2 aliphatic rings. The third-order valence-electron chi connectivity index (χ3n) is 12.6. The third-order valence-corrected chi connectivity index (χ3v) is 12.6. The molecule has 1 aromatic heterocycles. The predicted molar refractivity (Wildman–Crippen MR) is 232 cm³/mol. The van der Waals surface area contributed by atoms with Gasteiger partial charge in [0.15, 0.2) is 0 Å². The van der Waals surface area contributed by atoms with Crippen LogP contribution in [0.15, 0.2) is 194 Å². The molecule has 266 valence electrons. The molecule has 55 heavy (non-hydrogen) atoms. The normalized spacial score (nSPS) is 17.3. The summed E-state index contributed by atoms with van der Waals surface area (Å²) in [5.41, 5.74) is 16.0. The van der Waals surface area contributed by atoms with Gasteiger partial charge in [0.1, 0.15) is 0 Å². The van der Waals surface area contributed by atoms with Crippen molar-refractivity contribution in [3.63, 3.8) is 0 Å². The number of para-hydroxylation sites is 2. The summed E-state index contributed by atoms with van der Waals surface area (Å²) in [4.78, 5) is 0. The Hall–Kier alpha value is -6.18. The van der Waals surface area contributed by atoms with Crippen molar-refractivity contribution in [1.29, 1.82) is 0 Å². The maximum atomic E-state index is 2.54. The molecule has 1 heteroatoms. The molecule has 7 aromatic carbocycles. The van der Waals surface area contributed by atoms with Gasteiger partial charge in [-0.2, -0.15) is 0 Å². The fourth-order valence-electron chi connectivity index (χ4n) is 9.65. The van der Waals surface area contributed by atoms with Gasteiger partial charge in [0.05, 0.1) is 11.0 Å². The Morgan fingerprint density at radius 2 is 1.11 bits per heavy atom. The smallest absolute Gasteiger partial charge is 0.0541 e. The molecule has 3 unspecified atom stereocenters. The zero-order chi connectivity index (χ0) is 36.9. The molecule has 8 aromatic rings. The molecule has 0 fully saturated rings. The van der Waals surface area contributed by atoms with E-state index < -0.39 is 0 Å². The van der Waals surface area contributed by atoms with Crippen LogP contribution in [0.1, 0.15) is 53.5 Å². The van der Waals surface area contributed by atoms with Crippen LogP contribution in [0.2, 0.25) is 0 Å². The van der Waals surface area contributed by atoms with Gasteiger partial charge < -0.3 is 4.57 Å². The minimum atomic E-state index is 0.111. The Kier molecular flexibility index (Phi) is 8.25. The van der Waals surface area contributed by atoms with Gasteiger partial charge in [-0.3, -0.25) is 0 Å². The Morgan fingerprint density at radius 3 is 1.91 bits per heavy atom. The predicted octanol–water partition coefficient (Wildman–Crippen LogP) is 13.8. The largest absolute Gasteiger partial charge is 0.309 e. The van der Waals surface area contributed by atoms with E-state index >= 15 is 0 Å². The molecule has 0 spiro atoms. The first-order valence-electron chi connectivity index (χ1n) is 19.8. The standard InChI is InChI=1S/C54H45N/c1-54(2)50-19-11-9-17-46(50)47-31-23-38(35-51(47)54)34-44(42-28-26-40(27-29-42)39-13-5-3-6-14-39)33-37-21-24-41(25-22-37)43-30-32-53-49(36-43)48-18-10-12-20-52(48)55(53)45-15-7-4-8-16-45/h3-32,35-36,44,46,50H,33-34H2,1-2H3. The van der Waals surface area contributed by atoms with Crippen molar-refractivity contribution in [1.82, 2.24) is 4.57 Å². The summed E-state index contributed by atoms with van der Waals surface area (Å²) in [7, 11) is 0. The van der Waals surface area contributed by atoms with E-state index in [0.717, 1.165) is 12.8 Å². The van der Waals surface area contributed by atoms with Crippen molar-refractivity contribution in [3.05, 3.63) is 222 Å². The molecule has 0 bridgehead atoms. The van der Waals surface area contributed by atoms with Crippen LogP contribution >= 0.6 is 0 Å². The highest BCUT2D eigenvalue weighted by molar-refractivity contribution is 6.10. The van der Waals surface area contributed by atoms with E-state index in [0.29, 0.717) is 17.8 Å². The molecule has 3 atom stereocenters. The number of hydrogen-bond acceptors (Lipinski definition) is 0. The minimum Gasteiger partial charge on any atom is -0.309 e. The van der Waals surface area contributed by atoms with E-state index in [9.17, 15) is 0 Å². The van der Waals surface area contributed by atoms with Gasteiger partial charge in [-0.1, -0.05) is 178 Å². The minimum absolute atomic E-state index is 0.111. The maximum absolute atomic E-state index is 2.54. The Balaban J connectivity index is 0.971. The quantitative estimate of drug-likeness (QED) is 0.148. The van der Waals surface area contributed by atoms with Gasteiger partial charge >= 0.3 is 0 Å². The first kappa shape index (κ1) is 33.4. The highest BCUT2D eigenvalue weighted by Gasteiger charge is 2.44. The van der Waals surface area contributed by atoms with Crippen LogP contribution in [-0.2, 0) is 18.3 Å². The van der Waals surface area contributed by atoms with Crippen molar-refractivity contribution < 1.29 is 0 Å². The highest BCUT2D eigenvalue weighted by atomic mass is 15.0. The molecular formula is C54H45N. The molecule has 0 amide bonds. The van der Waals surface area contributed by atoms with Gasteiger partial charge in [-0.25, -0.2) is 0 Å². The van der Waals surface area contributed by atoms with E-state index in [2.05, 4.69) is 213 Å². The lowest BCUT2D eigenvalue weighted by molar-refractivity contribution is 0.394. The molecular weight excluding hydrogens is 663 g/mol. The van der Waals surface area contributed by atoms with Crippen molar-refractivity contribution in [2.24, 2.45) is 5.92 Å². The van der Waals surface area contributed by atoms with Gasteiger partial charge in [0.2, 0.25) is 0 Å². The molecule has 1 nitrogen and oxygen atoms in total. The second-order valence-corrected chi connectivity index (χ2v) is 16.2. The van der Waals surface area contributed by atoms with Gasteiger partial charge in [-0.15, -0.1) is 0 Å². The summed E-state index contributed by atoms with van der Waals surface area (Å²) in [6.07, 6.45) is 11.3. The van der Waals surface area contributed by atoms with Crippen LogP contribution in [0, 0.1) is 5.92 Å². The fourth-order valence-corrected chi connectivity index (χ4v) is 9.65. The summed E-state index contributed by atoms with van der Waals surface area (Å²) in [6, 6.07) is 63.2. The van der Waals surface area contributed by atoms with Crippen LogP contribution in [0.4, 0.5) is 0 Å². The number of allylic oxidation sites excluding steroid dienone is 4. The lowest BCUT2D eigenvalue weighted by Gasteiger charge is -2.29. The van der Waals surface area contributed by atoms with Crippen LogP contribution < -0.4 is 0 Å². The molecule has 1 heterocycles. The van der Waals surface area contributed by atoms with Gasteiger partial charge in [-0.05, 0) is 110 Å². The molecule has 0 N–H and O–H groups in total. The van der Waals surface area contributed by atoms with Crippen molar-refractivity contribution in [2.75, 3.05) is 0 Å². The van der Waals surface area contributed by atoms with E-state index in [-0.39, 0.29) is 5.41 Å². The number of benzene rings is 7. The average Bonchev–Trinajstić information content (AvgIpc) is 3.69. The molecule has 2 aliphatic carbocycles. The van der Waals surface area contributed by atoms with Gasteiger partial charge in [0, 0.05) is 22.4 Å². The molecule has 0 aliphatic heterocycles. The van der Waals surface area contributed by atoms with Crippen LogP contribution in [0.25, 0.3) is 49.7 Å². The van der Waals surface area contributed by atoms with Crippen LogP contribution in [-0.4, -0.2) is 4.57 Å². The lowest BCUT2D eigenvalue weighted by atomic mass is 9.74. The number of hydrogen-bond donors (Lipinski definition) is 0. The van der Waals surface area contributed by atoms with Gasteiger partial charge in [0.25, 0.3) is 0 Å². The summed E-state index contributed by atoms with van der Waals surface area (Å²) in [5, 5.41) is 2.56. The maximum Gasteiger partial charge on any atom is 0.0541 e. The topological polar surface area (TPSA) is 4.93 Å². The summed E-state index contributed by atoms with van der Waals surface area (Å²) >= 11 is 0. The van der Waals surface area contributed by atoms with E-state index in [1.807, 2.05) is 0 Å². The first-order chi connectivity index (χ1) is 27.0. The summed E-state index contributed by atoms with van der Waals surface area (Å²) < 4.78 is 2.38. The second kappa shape index (κ2) is 13.6. The van der Waals surface area contributed by atoms with E-state index in [4.69, 9.17) is 0 Å². The Morgan fingerprint density at radius 1 is 0.509 bits per heavy atom. The Bertz CT molecular complexity index is 2710. The van der Waals surface area contributed by atoms with Crippen molar-refractivity contribution in [2.45, 2.75) is 43.9 Å². The zero-order valence-corrected chi connectivity index (χ0v) is 31.6. The fraction of sp³-hybridized carbons (Fsp3) is 0.148. The van der Waals surface area contributed by atoms with Crippen LogP contribution in [0.5, 0.6) is 0 Å². The number of nitrogens with zero attached hydrogens (tertiary/aromatic N) is 1. The summed E-state index contributed by atoms with van der Waals surface area (Å²) in [6.45, 7) is 4.87. The first-order valence-corrected chi connectivity index (χ1v) is 19.8. The molecule has 0 radical (unpaired) electrons. The van der Waals surface area contributed by atoms with Crippen molar-refractivity contribution in [3.8, 4) is 27.9 Å². The number of rotatable bonds is 8. The third kappa shape index (κ3) is 5.96. The average molecular weight is 708 g/mol. The second-order valence-electron chi connectivity index (χ2n) is 16.2. The zero-order valence-electron chi connectivity index (χ0n) is 31.6. The molecule has 10 rings (SSSR count). The molecule has 0 saturated heterocycles. The monoisotopic (exact) mass is 707 g/mol. The lowest BCUT2D eigenvalue weighted by Crippen LogP contribution is -2.24. The number of fused-ring (bicyclic) bond motifs is 6. The highest BCUT2D eigenvalue weighted by Crippen LogP contribution is 2.53. The van der Waals surface area contributed by atoms with Crippen molar-refractivity contribution >= 4 is 21.8 Å². The van der Waals surface area contributed by atoms with E-state index in [1.165, 1.54) is 77.6 Å². The number of aromatic nitrogens is 1.